The molecule has 2 aromatic heterocycles. The minimum Gasteiger partial charge on any atom is -0.507 e. The molecule has 1 N–H and O–H groups in total. The van der Waals surface area contributed by atoms with E-state index in [2.05, 4.69) is 174 Å². The van der Waals surface area contributed by atoms with Gasteiger partial charge in [-0.2, -0.15) is 0 Å². The molecule has 0 saturated heterocycles. The molecule has 2 heterocycles. The van der Waals surface area contributed by atoms with Crippen molar-refractivity contribution in [3.63, 3.8) is 0 Å². The number of hydrogen-bond donors (Lipinski definition) is 1. The van der Waals surface area contributed by atoms with Gasteiger partial charge >= 0.3 is 0 Å². The van der Waals surface area contributed by atoms with Gasteiger partial charge in [-0.25, -0.2) is 4.98 Å². The number of phenolic OH excluding ortho intramolecular Hbond substituents is 1. The Labute approximate surface area is 425 Å². The van der Waals surface area contributed by atoms with Gasteiger partial charge in [-0.05, 0) is 92.1 Å². The first kappa shape index (κ1) is 40.5. The van der Waals surface area contributed by atoms with Gasteiger partial charge in [-0.3, -0.25) is 9.55 Å². The van der Waals surface area contributed by atoms with Crippen LogP contribution in [0.3, 0.4) is 0 Å². The fourth-order valence-corrected chi connectivity index (χ4v) is 8.43. The second-order valence-corrected chi connectivity index (χ2v) is 22.5. The molecule has 6 aromatic carbocycles. The molecule has 348 valence electrons. The van der Waals surface area contributed by atoms with E-state index in [-0.39, 0.29) is 54.0 Å². The molecule has 0 amide bonds. The smallest absolute Gasteiger partial charge is 0.148 e. The minimum absolute atomic E-state index is 0. The number of pyridine rings is 1. The summed E-state index contributed by atoms with van der Waals surface area (Å²) in [6, 6.07) is 36.7. The van der Waals surface area contributed by atoms with Crippen molar-refractivity contribution in [3.05, 3.63) is 167 Å². The van der Waals surface area contributed by atoms with Crippen molar-refractivity contribution >= 4 is 11.0 Å². The topological polar surface area (TPSA) is 50.9 Å². The zero-order valence-electron chi connectivity index (χ0n) is 48.5. The average Bonchev–Trinajstić information content (AvgIpc) is 3.69. The molecule has 8 aromatic rings. The van der Waals surface area contributed by atoms with E-state index in [1.54, 1.807) is 18.3 Å². The Morgan fingerprint density at radius 1 is 0.582 bits per heavy atom. The molecule has 67 heavy (non-hydrogen) atoms. The number of aromatic nitrogens is 3. The summed E-state index contributed by atoms with van der Waals surface area (Å²) in [5.41, 5.74) is 10.3. The molecule has 0 atom stereocenters. The summed E-state index contributed by atoms with van der Waals surface area (Å²) < 4.78 is 61.0. The number of para-hydroxylation sites is 1. The van der Waals surface area contributed by atoms with E-state index >= 15 is 0 Å². The summed E-state index contributed by atoms with van der Waals surface area (Å²) in [6.07, 6.45) is 1.56. The van der Waals surface area contributed by atoms with Crippen LogP contribution in [0.2, 0.25) is 0 Å². The molecule has 8 rings (SSSR count). The minimum atomic E-state index is -2.83. The third-order valence-corrected chi connectivity index (χ3v) is 13.6. The Kier molecular flexibility index (Phi) is 10.8. The van der Waals surface area contributed by atoms with Crippen LogP contribution in [-0.4, -0.2) is 19.6 Å². The van der Waals surface area contributed by atoms with Crippen LogP contribution in [0.5, 0.6) is 5.75 Å². The fraction of sp³-hybridized carbons (Fsp3) is 0.323. The quantitative estimate of drug-likeness (QED) is 0.162. The third kappa shape index (κ3) is 9.62. The van der Waals surface area contributed by atoms with Gasteiger partial charge in [0, 0.05) is 48.2 Å². The summed E-state index contributed by atoms with van der Waals surface area (Å²) in [7, 11) is 0. The van der Waals surface area contributed by atoms with E-state index in [9.17, 15) is 5.11 Å². The number of nitrogens with zero attached hydrogens (tertiary/aromatic N) is 3. The Morgan fingerprint density at radius 3 is 1.85 bits per heavy atom. The van der Waals surface area contributed by atoms with E-state index in [4.69, 9.17) is 19.6 Å². The van der Waals surface area contributed by atoms with Gasteiger partial charge in [0.05, 0.1) is 27.8 Å². The predicted octanol–water partition coefficient (Wildman–Crippen LogP) is 16.8. The van der Waals surface area contributed by atoms with Crippen LogP contribution in [0, 0.1) is 18.3 Å². The van der Waals surface area contributed by atoms with Crippen LogP contribution >= 0.6 is 0 Å². The summed E-state index contributed by atoms with van der Waals surface area (Å²) in [6.45, 7) is 27.9. The maximum atomic E-state index is 12.6. The summed E-state index contributed by atoms with van der Waals surface area (Å²) >= 11 is 0. The van der Waals surface area contributed by atoms with Crippen LogP contribution in [0.4, 0.5) is 0 Å². The fourth-order valence-electron chi connectivity index (χ4n) is 8.43. The van der Waals surface area contributed by atoms with Gasteiger partial charge in [-0.15, -0.1) is 29.3 Å². The van der Waals surface area contributed by atoms with Crippen molar-refractivity contribution in [2.24, 2.45) is 5.41 Å². The zero-order valence-corrected chi connectivity index (χ0v) is 43.8. The standard InChI is InChI=1S/C62H68N3O.Pt/c1-39-24-26-40(27-25-39)42-30-31-63-52(35-42)44-32-43(33-46(34-44)58(2,3)4)48-22-19-23-54-55(48)64-57(50-37-47(59(5,6)7)38-51(56(50)66)60(8,9)10)65(54)53-29-28-45(62(14,15)61(11,12)13)36-49(53)41-20-17-16-18-21-41;/h16-31,33-38,66H,1-15H3;/q-1;/i1D3,24D,25D,26D,27D;. The molecule has 0 unspecified atom stereocenters. The first-order chi connectivity index (χ1) is 33.7. The second kappa shape index (κ2) is 17.8. The van der Waals surface area contributed by atoms with E-state index < -0.39 is 42.0 Å². The number of fused-ring (bicyclic) bond motifs is 1. The van der Waals surface area contributed by atoms with Crippen molar-refractivity contribution in [3.8, 4) is 67.5 Å². The van der Waals surface area contributed by atoms with Crippen molar-refractivity contribution in [1.82, 2.24) is 14.5 Å². The number of phenols is 1. The molecule has 0 aliphatic carbocycles. The third-order valence-electron chi connectivity index (χ3n) is 13.6. The zero-order chi connectivity index (χ0) is 53.7. The van der Waals surface area contributed by atoms with Crippen molar-refractivity contribution in [2.45, 2.75) is 125 Å². The second-order valence-electron chi connectivity index (χ2n) is 22.5. The van der Waals surface area contributed by atoms with E-state index in [1.807, 2.05) is 24.3 Å². The molecule has 0 bridgehead atoms. The Bertz CT molecular complexity index is 3430. The number of aromatic hydroxyl groups is 1. The summed E-state index contributed by atoms with van der Waals surface area (Å²) in [4.78, 5) is 10.4. The van der Waals surface area contributed by atoms with Gasteiger partial charge in [0.1, 0.15) is 11.6 Å². The molecule has 0 aliphatic rings. The largest absolute Gasteiger partial charge is 0.507 e. The van der Waals surface area contributed by atoms with Crippen molar-refractivity contribution in [1.29, 1.82) is 0 Å². The van der Waals surface area contributed by atoms with Gasteiger partial charge in [0.2, 0.25) is 0 Å². The molecule has 4 nitrogen and oxygen atoms in total. The SMILES string of the molecule is [2H]c1c([2H])c(C([2H])([2H])[2H])c([2H])c([2H])c1-c1ccnc(-c2[c-]c(-c3cccc4c3nc(-c3cc(C(C)(C)C)cc(C(C)(C)C)c3O)n4-c3ccc(C(C)(C)C(C)(C)C)cc3-c3ccccc3)cc(C(C)(C)C)c2)c1.[Pt]. The Hall–Kier alpha value is -5.57. The van der Waals surface area contributed by atoms with Crippen molar-refractivity contribution < 1.29 is 35.8 Å². The summed E-state index contributed by atoms with van der Waals surface area (Å²) in [5.74, 6) is 0.761. The number of hydrogen-bond acceptors (Lipinski definition) is 3. The molecule has 0 aliphatic heterocycles. The summed E-state index contributed by atoms with van der Waals surface area (Å²) in [5, 5.41) is 12.6. The number of imidazole rings is 1. The molecule has 0 spiro atoms. The van der Waals surface area contributed by atoms with Crippen molar-refractivity contribution in [2.75, 3.05) is 0 Å². The first-order valence-corrected chi connectivity index (χ1v) is 23.0. The van der Waals surface area contributed by atoms with Gasteiger partial charge in [-0.1, -0.05) is 198 Å². The molecule has 5 heteroatoms. The maximum Gasteiger partial charge on any atom is 0.148 e. The van der Waals surface area contributed by atoms with E-state index in [0.29, 0.717) is 33.7 Å². The van der Waals surface area contributed by atoms with Crippen LogP contribution in [0.15, 0.2) is 133 Å². The van der Waals surface area contributed by atoms with Crippen LogP contribution < -0.4 is 0 Å². The Balaban J connectivity index is 0.00000800. The van der Waals surface area contributed by atoms with Crippen LogP contribution in [0.1, 0.15) is 134 Å². The predicted molar refractivity (Wildman–Crippen MR) is 280 cm³/mol. The van der Waals surface area contributed by atoms with E-state index in [0.717, 1.165) is 50.1 Å². The maximum absolute atomic E-state index is 12.6. The average molecular weight is 1070 g/mol. The number of benzene rings is 6. The van der Waals surface area contributed by atoms with Crippen LogP contribution in [0.25, 0.3) is 72.7 Å². The molecular weight excluding hydrogens is 998 g/mol. The molecule has 0 radical (unpaired) electrons. The van der Waals surface area contributed by atoms with Gasteiger partial charge < -0.3 is 5.11 Å². The molecule has 0 saturated carbocycles. The monoisotopic (exact) mass is 1070 g/mol. The first-order valence-electron chi connectivity index (χ1n) is 26.5. The molecular formula is C62H68N3OPt-. The van der Waals surface area contributed by atoms with Gasteiger partial charge in [0.15, 0.2) is 0 Å². The number of rotatable bonds is 7. The van der Waals surface area contributed by atoms with E-state index in [1.165, 1.54) is 5.56 Å². The Morgan fingerprint density at radius 2 is 1.22 bits per heavy atom. The normalized spacial score (nSPS) is 14.3. The van der Waals surface area contributed by atoms with Crippen LogP contribution in [-0.2, 0) is 42.7 Å². The molecule has 0 fully saturated rings. The van der Waals surface area contributed by atoms with Gasteiger partial charge in [0.25, 0.3) is 0 Å².